The van der Waals surface area contributed by atoms with Gasteiger partial charge in [0.2, 0.25) is 0 Å². The molecule has 0 unspecified atom stereocenters. The molecule has 27 heavy (non-hydrogen) atoms. The van der Waals surface area contributed by atoms with Gasteiger partial charge < -0.3 is 9.47 Å². The molecular formula is C20H23ClN2O4. The summed E-state index contributed by atoms with van der Waals surface area (Å²) in [6.45, 7) is 5.97. The van der Waals surface area contributed by atoms with Crippen LogP contribution in [0.15, 0.2) is 36.4 Å². The van der Waals surface area contributed by atoms with Gasteiger partial charge in [-0.1, -0.05) is 30.7 Å². The Labute approximate surface area is 163 Å². The number of ether oxygens (including phenoxy) is 2. The number of halogens is 1. The fourth-order valence-corrected chi connectivity index (χ4v) is 2.47. The van der Waals surface area contributed by atoms with Gasteiger partial charge in [0.05, 0.1) is 12.2 Å². The molecule has 2 amide bonds. The van der Waals surface area contributed by atoms with E-state index in [1.807, 2.05) is 20.8 Å². The molecule has 0 aliphatic carbocycles. The molecule has 6 nitrogen and oxygen atoms in total. The fraction of sp³-hybridized carbons (Fsp3) is 0.300. The van der Waals surface area contributed by atoms with E-state index in [0.717, 1.165) is 17.5 Å². The van der Waals surface area contributed by atoms with Crippen molar-refractivity contribution in [1.29, 1.82) is 0 Å². The number of benzene rings is 2. The Morgan fingerprint density at radius 1 is 1.04 bits per heavy atom. The van der Waals surface area contributed by atoms with Crippen LogP contribution in [0.5, 0.6) is 11.5 Å². The summed E-state index contributed by atoms with van der Waals surface area (Å²) in [6.07, 6.45) is 0.827. The summed E-state index contributed by atoms with van der Waals surface area (Å²) in [5, 5.41) is 0.669. The maximum Gasteiger partial charge on any atom is 0.276 e. The zero-order valence-corrected chi connectivity index (χ0v) is 16.4. The van der Waals surface area contributed by atoms with Crippen LogP contribution in [-0.4, -0.2) is 25.0 Å². The Bertz CT molecular complexity index is 800. The van der Waals surface area contributed by atoms with Crippen molar-refractivity contribution in [3.63, 3.8) is 0 Å². The maximum absolute atomic E-state index is 12.3. The quantitative estimate of drug-likeness (QED) is 0.708. The summed E-state index contributed by atoms with van der Waals surface area (Å²) in [7, 11) is 0. The lowest BCUT2D eigenvalue weighted by atomic mass is 10.1. The number of hydrogen-bond acceptors (Lipinski definition) is 4. The summed E-state index contributed by atoms with van der Waals surface area (Å²) >= 11 is 6.11. The number of nitrogens with one attached hydrogen (secondary N) is 2. The number of hydrogen-bond donors (Lipinski definition) is 2. The summed E-state index contributed by atoms with van der Waals surface area (Å²) in [4.78, 5) is 24.2. The first-order valence-corrected chi connectivity index (χ1v) is 9.00. The third-order valence-corrected chi connectivity index (χ3v) is 4.28. The van der Waals surface area contributed by atoms with Crippen LogP contribution in [0.4, 0.5) is 0 Å². The van der Waals surface area contributed by atoms with Crippen LogP contribution in [0.1, 0.15) is 34.8 Å². The second-order valence-electron chi connectivity index (χ2n) is 6.01. The van der Waals surface area contributed by atoms with Gasteiger partial charge in [-0.3, -0.25) is 20.4 Å². The van der Waals surface area contributed by atoms with Gasteiger partial charge in [0.15, 0.2) is 6.61 Å². The van der Waals surface area contributed by atoms with Gasteiger partial charge in [-0.15, -0.1) is 0 Å². The highest BCUT2D eigenvalue weighted by Gasteiger charge is 2.13. The highest BCUT2D eigenvalue weighted by Crippen LogP contribution is 2.25. The summed E-state index contributed by atoms with van der Waals surface area (Å²) in [5.74, 6) is 0.0532. The monoisotopic (exact) mass is 390 g/mol. The van der Waals surface area contributed by atoms with E-state index in [9.17, 15) is 9.59 Å². The first kappa shape index (κ1) is 20.6. The van der Waals surface area contributed by atoms with Crippen LogP contribution < -0.4 is 20.3 Å². The van der Waals surface area contributed by atoms with E-state index in [-0.39, 0.29) is 6.61 Å². The molecule has 0 spiro atoms. The van der Waals surface area contributed by atoms with Crippen molar-refractivity contribution in [2.75, 3.05) is 13.2 Å². The molecule has 2 aromatic rings. The Hall–Kier alpha value is -2.73. The molecule has 0 atom stereocenters. The molecule has 2 aromatic carbocycles. The molecule has 2 N–H and O–H groups in total. The Morgan fingerprint density at radius 2 is 1.70 bits per heavy atom. The summed E-state index contributed by atoms with van der Waals surface area (Å²) in [6, 6.07) is 10.3. The number of aryl methyl sites for hydroxylation is 2. The van der Waals surface area contributed by atoms with Gasteiger partial charge >= 0.3 is 0 Å². The van der Waals surface area contributed by atoms with Crippen molar-refractivity contribution in [3.05, 3.63) is 58.1 Å². The molecule has 0 bridgehead atoms. The highest BCUT2D eigenvalue weighted by atomic mass is 35.5. The van der Waals surface area contributed by atoms with Gasteiger partial charge in [0.25, 0.3) is 11.8 Å². The fourth-order valence-electron chi connectivity index (χ4n) is 2.36. The molecule has 144 valence electrons. The van der Waals surface area contributed by atoms with E-state index < -0.39 is 11.8 Å². The van der Waals surface area contributed by atoms with Crippen LogP contribution in [-0.2, 0) is 4.79 Å². The van der Waals surface area contributed by atoms with E-state index >= 15 is 0 Å². The van der Waals surface area contributed by atoms with Crippen molar-refractivity contribution >= 4 is 23.4 Å². The van der Waals surface area contributed by atoms with Crippen molar-refractivity contribution in [1.82, 2.24) is 10.9 Å². The van der Waals surface area contributed by atoms with Gasteiger partial charge in [-0.25, -0.2) is 0 Å². The van der Waals surface area contributed by atoms with E-state index in [0.29, 0.717) is 28.7 Å². The van der Waals surface area contributed by atoms with E-state index in [2.05, 4.69) is 10.9 Å². The van der Waals surface area contributed by atoms with E-state index in [1.165, 1.54) is 0 Å². The smallest absolute Gasteiger partial charge is 0.276 e. The molecule has 0 radical (unpaired) electrons. The van der Waals surface area contributed by atoms with Gasteiger partial charge in [-0.05, 0) is 55.7 Å². The van der Waals surface area contributed by atoms with Gasteiger partial charge in [0.1, 0.15) is 11.5 Å². The minimum atomic E-state index is -0.486. The zero-order valence-electron chi connectivity index (χ0n) is 15.6. The third kappa shape index (κ3) is 5.89. The number of carbonyl (C=O) groups excluding carboxylic acids is 2. The van der Waals surface area contributed by atoms with Crippen molar-refractivity contribution in [2.45, 2.75) is 27.2 Å². The van der Waals surface area contributed by atoms with Crippen molar-refractivity contribution in [3.8, 4) is 11.5 Å². The van der Waals surface area contributed by atoms with Crippen molar-refractivity contribution < 1.29 is 19.1 Å². The predicted octanol–water partition coefficient (Wildman–Crippen LogP) is 3.59. The molecule has 0 fully saturated rings. The average molecular weight is 391 g/mol. The standard InChI is InChI=1S/C20H23ClN2O4/c1-4-9-26-17-8-6-5-7-16(17)20(25)23-22-18(24)12-27-15-10-13(2)19(21)14(3)11-15/h5-8,10-11H,4,9,12H2,1-3H3,(H,22,24)(H,23,25). The van der Waals surface area contributed by atoms with Crippen LogP contribution in [0, 0.1) is 13.8 Å². The van der Waals surface area contributed by atoms with Crippen LogP contribution in [0.25, 0.3) is 0 Å². The third-order valence-electron chi connectivity index (χ3n) is 3.69. The normalized spacial score (nSPS) is 10.2. The molecule has 0 aliphatic heterocycles. The number of rotatable bonds is 7. The number of hydrazine groups is 1. The Morgan fingerprint density at radius 3 is 2.37 bits per heavy atom. The minimum Gasteiger partial charge on any atom is -0.493 e. The molecule has 0 saturated heterocycles. The largest absolute Gasteiger partial charge is 0.493 e. The van der Waals surface area contributed by atoms with Crippen LogP contribution >= 0.6 is 11.6 Å². The first-order chi connectivity index (χ1) is 12.9. The molecule has 0 aromatic heterocycles. The second-order valence-corrected chi connectivity index (χ2v) is 6.38. The number of amides is 2. The lowest BCUT2D eigenvalue weighted by molar-refractivity contribution is -0.123. The highest BCUT2D eigenvalue weighted by molar-refractivity contribution is 6.32. The number of carbonyl (C=O) groups is 2. The van der Waals surface area contributed by atoms with Crippen molar-refractivity contribution in [2.24, 2.45) is 0 Å². The van der Waals surface area contributed by atoms with Gasteiger partial charge in [-0.2, -0.15) is 0 Å². The SMILES string of the molecule is CCCOc1ccccc1C(=O)NNC(=O)COc1cc(C)c(Cl)c(C)c1. The molecule has 0 saturated carbocycles. The Balaban J connectivity index is 1.88. The lowest BCUT2D eigenvalue weighted by Crippen LogP contribution is -2.43. The molecular weight excluding hydrogens is 368 g/mol. The predicted molar refractivity (Wildman–Crippen MR) is 104 cm³/mol. The van der Waals surface area contributed by atoms with E-state index in [1.54, 1.807) is 36.4 Å². The second kappa shape index (κ2) is 9.83. The molecule has 0 heterocycles. The topological polar surface area (TPSA) is 76.7 Å². The van der Waals surface area contributed by atoms with Gasteiger partial charge in [0, 0.05) is 5.02 Å². The lowest BCUT2D eigenvalue weighted by Gasteiger charge is -2.12. The maximum atomic E-state index is 12.3. The minimum absolute atomic E-state index is 0.241. The summed E-state index contributed by atoms with van der Waals surface area (Å²) < 4.78 is 11.0. The Kier molecular flexibility index (Phi) is 7.49. The average Bonchev–Trinajstić information content (AvgIpc) is 2.67. The first-order valence-electron chi connectivity index (χ1n) is 8.63. The number of para-hydroxylation sites is 1. The van der Waals surface area contributed by atoms with E-state index in [4.69, 9.17) is 21.1 Å². The van der Waals surface area contributed by atoms with Crippen LogP contribution in [0.3, 0.4) is 0 Å². The molecule has 2 rings (SSSR count). The summed E-state index contributed by atoms with van der Waals surface area (Å²) in [5.41, 5.74) is 6.77. The molecule has 7 heteroatoms. The zero-order chi connectivity index (χ0) is 19.8. The van der Waals surface area contributed by atoms with Crippen LogP contribution in [0.2, 0.25) is 5.02 Å². The molecule has 0 aliphatic rings.